The zero-order chi connectivity index (χ0) is 30.3. The summed E-state index contributed by atoms with van der Waals surface area (Å²) in [4.78, 5) is 39.4. The van der Waals surface area contributed by atoms with Gasteiger partial charge in [0.05, 0.1) is 24.2 Å². The zero-order valence-corrected chi connectivity index (χ0v) is 24.4. The molecule has 0 radical (unpaired) electrons. The molecule has 0 saturated carbocycles. The number of hydroxylamine groups is 1. The number of aromatic nitrogens is 2. The fourth-order valence-corrected chi connectivity index (χ4v) is 6.30. The summed E-state index contributed by atoms with van der Waals surface area (Å²) in [6, 6.07) is 13.5. The van der Waals surface area contributed by atoms with Gasteiger partial charge in [0.2, 0.25) is 5.95 Å². The molecule has 1 fully saturated rings. The van der Waals surface area contributed by atoms with Crippen molar-refractivity contribution in [1.82, 2.24) is 14.5 Å². The quantitative estimate of drug-likeness (QED) is 0.295. The Kier molecular flexibility index (Phi) is 7.94. The Hall–Kier alpha value is -3.85. The molecule has 1 N–H and O–H groups in total. The molecule has 0 unspecified atom stereocenters. The summed E-state index contributed by atoms with van der Waals surface area (Å²) < 4.78 is 47.1. The number of carbonyl (C=O) groups is 2. The highest BCUT2D eigenvalue weighted by atomic mass is 35.5. The second-order valence-corrected chi connectivity index (χ2v) is 11.4. The topological polar surface area (TPSA) is 92.2 Å². The molecule has 0 spiro atoms. The summed E-state index contributed by atoms with van der Waals surface area (Å²) in [6.07, 6.45) is -5.22. The molecule has 0 aliphatic carbocycles. The van der Waals surface area contributed by atoms with Crippen molar-refractivity contribution < 1.29 is 32.3 Å². The number of carbonyl (C=O) groups excluding carboxylic acids is 2. The number of halogens is 4. The number of nitrogens with one attached hydrogen (secondary N) is 1. The molecule has 226 valence electrons. The van der Waals surface area contributed by atoms with Crippen LogP contribution in [0.15, 0.2) is 48.5 Å². The number of imidazole rings is 1. The fraction of sp³-hybridized carbons (Fsp3) is 0.321. The van der Waals surface area contributed by atoms with Crippen molar-refractivity contribution in [3.05, 3.63) is 58.4 Å². The second-order valence-electron chi connectivity index (χ2n) is 9.93. The van der Waals surface area contributed by atoms with Gasteiger partial charge in [-0.05, 0) is 42.0 Å². The minimum Gasteiger partial charge on any atom is -0.379 e. The average Bonchev–Trinajstić information content (AvgIpc) is 3.60. The molecule has 2 aliphatic heterocycles. The van der Waals surface area contributed by atoms with Gasteiger partial charge in [-0.3, -0.25) is 14.6 Å². The molecule has 4 heterocycles. The highest BCUT2D eigenvalue weighted by Gasteiger charge is 2.45. The third-order valence-electron chi connectivity index (χ3n) is 7.25. The molecule has 0 bridgehead atoms. The van der Waals surface area contributed by atoms with Crippen molar-refractivity contribution in [3.8, 4) is 10.4 Å². The first-order valence-corrected chi connectivity index (χ1v) is 14.6. The van der Waals surface area contributed by atoms with Crippen LogP contribution in [0.2, 0.25) is 5.02 Å². The van der Waals surface area contributed by atoms with Gasteiger partial charge in [0.15, 0.2) is 0 Å². The first-order valence-electron chi connectivity index (χ1n) is 13.4. The van der Waals surface area contributed by atoms with Gasteiger partial charge >= 0.3 is 12.1 Å². The van der Waals surface area contributed by atoms with E-state index in [4.69, 9.17) is 21.2 Å². The van der Waals surface area contributed by atoms with E-state index in [0.717, 1.165) is 41.6 Å². The van der Waals surface area contributed by atoms with E-state index in [1.807, 2.05) is 10.6 Å². The first-order chi connectivity index (χ1) is 20.6. The summed E-state index contributed by atoms with van der Waals surface area (Å²) in [5.74, 6) is -2.20. The largest absolute Gasteiger partial charge is 0.493 e. The van der Waals surface area contributed by atoms with E-state index in [1.165, 1.54) is 11.0 Å². The number of anilines is 3. The standard InChI is InChI=1S/C28H26ClF3N6O4S/c1-33-27-34-20-14-19(6-7-21(20)36(27)9-8-35-10-12-41-13-11-35)37-16-38(42-26(40)28(30,31)32)22-15-23(43-24(22)25(37)39)17-2-4-18(29)5-3-17/h2-7,14-15H,8-13,16H2,1H3,(H,33,34). The molecule has 6 rings (SSSR count). The van der Waals surface area contributed by atoms with Crippen LogP contribution in [0.3, 0.4) is 0 Å². The van der Waals surface area contributed by atoms with Crippen molar-refractivity contribution in [1.29, 1.82) is 0 Å². The molecule has 43 heavy (non-hydrogen) atoms. The highest BCUT2D eigenvalue weighted by molar-refractivity contribution is 7.18. The van der Waals surface area contributed by atoms with Crippen LogP contribution in [0.1, 0.15) is 9.67 Å². The molecule has 1 amide bonds. The average molecular weight is 635 g/mol. The zero-order valence-electron chi connectivity index (χ0n) is 22.9. The molecule has 1 saturated heterocycles. The van der Waals surface area contributed by atoms with Crippen LogP contribution in [-0.4, -0.2) is 79.1 Å². The number of nitrogens with zero attached hydrogens (tertiary/aromatic N) is 5. The molecule has 15 heteroatoms. The van der Waals surface area contributed by atoms with E-state index < -0.39 is 24.7 Å². The van der Waals surface area contributed by atoms with Gasteiger partial charge in [-0.2, -0.15) is 18.2 Å². The lowest BCUT2D eigenvalue weighted by molar-refractivity contribution is -0.201. The number of ether oxygens (including phenoxy) is 1. The number of rotatable bonds is 7. The van der Waals surface area contributed by atoms with E-state index in [0.29, 0.717) is 52.4 Å². The van der Waals surface area contributed by atoms with E-state index in [2.05, 4.69) is 15.2 Å². The van der Waals surface area contributed by atoms with Crippen LogP contribution in [0, 0.1) is 0 Å². The lowest BCUT2D eigenvalue weighted by Gasteiger charge is -2.34. The Bertz CT molecular complexity index is 1670. The Morgan fingerprint density at radius 1 is 1.12 bits per heavy atom. The summed E-state index contributed by atoms with van der Waals surface area (Å²) >= 11 is 7.08. The fourth-order valence-electron chi connectivity index (χ4n) is 5.07. The second kappa shape index (κ2) is 11.7. The number of hydrogen-bond donors (Lipinski definition) is 1. The Morgan fingerprint density at radius 2 is 1.86 bits per heavy atom. The summed E-state index contributed by atoms with van der Waals surface area (Å²) in [5, 5.41) is 4.41. The van der Waals surface area contributed by atoms with Crippen molar-refractivity contribution >= 4 is 63.2 Å². The summed E-state index contributed by atoms with van der Waals surface area (Å²) in [7, 11) is 1.77. The summed E-state index contributed by atoms with van der Waals surface area (Å²) in [6.45, 7) is 4.10. The molecule has 0 atom stereocenters. The van der Waals surface area contributed by atoms with Crippen molar-refractivity contribution in [3.63, 3.8) is 0 Å². The van der Waals surface area contributed by atoms with E-state index in [-0.39, 0.29) is 10.6 Å². The smallest absolute Gasteiger partial charge is 0.379 e. The maximum absolute atomic E-state index is 13.8. The number of amides is 1. The number of fused-ring (bicyclic) bond motifs is 2. The van der Waals surface area contributed by atoms with E-state index in [1.54, 1.807) is 43.4 Å². The highest BCUT2D eigenvalue weighted by Crippen LogP contribution is 2.42. The van der Waals surface area contributed by atoms with Crippen LogP contribution < -0.4 is 15.3 Å². The van der Waals surface area contributed by atoms with Gasteiger partial charge < -0.3 is 19.5 Å². The van der Waals surface area contributed by atoms with Crippen LogP contribution in [0.25, 0.3) is 21.5 Å². The van der Waals surface area contributed by atoms with Gasteiger partial charge in [0.25, 0.3) is 5.91 Å². The predicted molar refractivity (Wildman–Crippen MR) is 158 cm³/mol. The number of hydrogen-bond acceptors (Lipinski definition) is 9. The van der Waals surface area contributed by atoms with Gasteiger partial charge in [-0.25, -0.2) is 9.78 Å². The number of thiophene rings is 1. The van der Waals surface area contributed by atoms with Crippen LogP contribution in [0.4, 0.5) is 30.5 Å². The molecule has 2 aromatic heterocycles. The Balaban J connectivity index is 1.33. The third-order valence-corrected chi connectivity index (χ3v) is 8.67. The minimum absolute atomic E-state index is 0.0692. The summed E-state index contributed by atoms with van der Waals surface area (Å²) in [5.41, 5.74) is 2.58. The molecular weight excluding hydrogens is 609 g/mol. The minimum atomic E-state index is -5.22. The Morgan fingerprint density at radius 3 is 2.56 bits per heavy atom. The van der Waals surface area contributed by atoms with Gasteiger partial charge in [0, 0.05) is 48.8 Å². The monoisotopic (exact) mass is 634 g/mol. The maximum atomic E-state index is 13.8. The van der Waals surface area contributed by atoms with Crippen LogP contribution in [0.5, 0.6) is 0 Å². The van der Waals surface area contributed by atoms with Crippen molar-refractivity contribution in [2.45, 2.75) is 12.7 Å². The Labute approximate surface area is 253 Å². The lowest BCUT2D eigenvalue weighted by atomic mass is 10.1. The number of benzene rings is 2. The van der Waals surface area contributed by atoms with Gasteiger partial charge in [0.1, 0.15) is 17.2 Å². The maximum Gasteiger partial charge on any atom is 0.493 e. The van der Waals surface area contributed by atoms with Crippen LogP contribution in [-0.2, 0) is 20.9 Å². The third kappa shape index (κ3) is 5.87. The van der Waals surface area contributed by atoms with Crippen molar-refractivity contribution in [2.24, 2.45) is 0 Å². The molecule has 4 aromatic rings. The molecule has 10 nitrogen and oxygen atoms in total. The number of alkyl halides is 3. The van der Waals surface area contributed by atoms with Crippen LogP contribution >= 0.6 is 22.9 Å². The van der Waals surface area contributed by atoms with E-state index in [9.17, 15) is 22.8 Å². The van der Waals surface area contributed by atoms with Gasteiger partial charge in [-0.1, -0.05) is 23.7 Å². The first kappa shape index (κ1) is 29.2. The lowest BCUT2D eigenvalue weighted by Crippen LogP contribution is -2.48. The predicted octanol–water partition coefficient (Wildman–Crippen LogP) is 5.24. The van der Waals surface area contributed by atoms with E-state index >= 15 is 0 Å². The SMILES string of the molecule is CNc1nc2cc(N3CN(OC(=O)C(F)(F)F)c4cc(-c5ccc(Cl)cc5)sc4C3=O)ccc2n1CCN1CCOCC1. The molecular formula is C28H26ClF3N6O4S. The van der Waals surface area contributed by atoms with Crippen molar-refractivity contribution in [2.75, 3.05) is 61.8 Å². The number of morpholine rings is 1. The molecule has 2 aliphatic rings. The molecule has 2 aromatic carbocycles. The van der Waals surface area contributed by atoms with Gasteiger partial charge in [-0.15, -0.1) is 11.3 Å². The normalized spacial score (nSPS) is 16.1.